The van der Waals surface area contributed by atoms with Gasteiger partial charge >= 0.3 is 0 Å². The molecule has 0 radical (unpaired) electrons. The Morgan fingerprint density at radius 1 is 1.25 bits per heavy atom. The number of piperidine rings is 1. The Morgan fingerprint density at radius 3 is 2.50 bits per heavy atom. The molecule has 0 atom stereocenters. The highest BCUT2D eigenvalue weighted by Crippen LogP contribution is 2.31. The third-order valence-electron chi connectivity index (χ3n) is 4.14. The van der Waals surface area contributed by atoms with E-state index in [-0.39, 0.29) is 11.9 Å². The van der Waals surface area contributed by atoms with Crippen LogP contribution in [-0.2, 0) is 4.79 Å². The highest BCUT2D eigenvalue weighted by atomic mass is 32.1. The standard InChI is InChI=1S/C15H20N2O2S/c1-10-6-9-20-13(10)14(18)16-12-4-7-17(8-5-12)15(19)11-2-3-11/h6,9,11-12H,2-5,7-8H2,1H3,(H,16,18). The van der Waals surface area contributed by atoms with Crippen molar-refractivity contribution in [2.75, 3.05) is 13.1 Å². The van der Waals surface area contributed by atoms with E-state index in [0.29, 0.717) is 11.8 Å². The van der Waals surface area contributed by atoms with Gasteiger partial charge in [0.05, 0.1) is 4.88 Å². The molecule has 2 fully saturated rings. The number of aryl methyl sites for hydroxylation is 1. The van der Waals surface area contributed by atoms with Crippen LogP contribution >= 0.6 is 11.3 Å². The Kier molecular flexibility index (Phi) is 3.78. The van der Waals surface area contributed by atoms with E-state index in [2.05, 4.69) is 5.32 Å². The largest absolute Gasteiger partial charge is 0.348 e. The van der Waals surface area contributed by atoms with Crippen molar-refractivity contribution in [1.29, 1.82) is 0 Å². The summed E-state index contributed by atoms with van der Waals surface area (Å²) in [7, 11) is 0. The molecule has 1 saturated carbocycles. The van der Waals surface area contributed by atoms with E-state index < -0.39 is 0 Å². The molecule has 0 bridgehead atoms. The van der Waals surface area contributed by atoms with Gasteiger partial charge in [0.1, 0.15) is 0 Å². The predicted octanol–water partition coefficient (Wildman–Crippen LogP) is 2.19. The fourth-order valence-corrected chi connectivity index (χ4v) is 3.52. The SMILES string of the molecule is Cc1ccsc1C(=O)NC1CCN(C(=O)C2CC2)CC1. The molecule has 2 aliphatic rings. The van der Waals surface area contributed by atoms with E-state index in [1.54, 1.807) is 0 Å². The topological polar surface area (TPSA) is 49.4 Å². The molecule has 1 aliphatic heterocycles. The molecule has 2 heterocycles. The Labute approximate surface area is 123 Å². The summed E-state index contributed by atoms with van der Waals surface area (Å²) in [5, 5.41) is 5.05. The molecule has 0 unspecified atom stereocenters. The third kappa shape index (κ3) is 2.87. The van der Waals surface area contributed by atoms with E-state index in [1.165, 1.54) is 11.3 Å². The molecule has 2 amide bonds. The van der Waals surface area contributed by atoms with Gasteiger partial charge in [0.15, 0.2) is 0 Å². The lowest BCUT2D eigenvalue weighted by molar-refractivity contribution is -0.133. The number of nitrogens with zero attached hydrogens (tertiary/aromatic N) is 1. The van der Waals surface area contributed by atoms with Crippen molar-refractivity contribution in [3.8, 4) is 0 Å². The fourth-order valence-electron chi connectivity index (χ4n) is 2.69. The number of carbonyl (C=O) groups is 2. The van der Waals surface area contributed by atoms with E-state index in [0.717, 1.165) is 49.2 Å². The minimum atomic E-state index is 0.0319. The molecule has 1 aromatic rings. The molecule has 0 spiro atoms. The molecule has 3 rings (SSSR count). The lowest BCUT2D eigenvalue weighted by Gasteiger charge is -2.32. The van der Waals surface area contributed by atoms with Gasteiger partial charge in [-0.2, -0.15) is 0 Å². The fraction of sp³-hybridized carbons (Fsp3) is 0.600. The number of hydrogen-bond acceptors (Lipinski definition) is 3. The van der Waals surface area contributed by atoms with Crippen LogP contribution in [-0.4, -0.2) is 35.8 Å². The lowest BCUT2D eigenvalue weighted by Crippen LogP contribution is -2.46. The van der Waals surface area contributed by atoms with Crippen molar-refractivity contribution >= 4 is 23.2 Å². The highest BCUT2D eigenvalue weighted by molar-refractivity contribution is 7.12. The van der Waals surface area contributed by atoms with Gasteiger partial charge in [-0.3, -0.25) is 9.59 Å². The van der Waals surface area contributed by atoms with E-state index in [4.69, 9.17) is 0 Å². The molecule has 1 aromatic heterocycles. The van der Waals surface area contributed by atoms with E-state index in [1.807, 2.05) is 23.3 Å². The summed E-state index contributed by atoms with van der Waals surface area (Å²) in [6.07, 6.45) is 3.86. The summed E-state index contributed by atoms with van der Waals surface area (Å²) < 4.78 is 0. The van der Waals surface area contributed by atoms with Gasteiger partial charge in [-0.05, 0) is 49.6 Å². The van der Waals surface area contributed by atoms with Gasteiger partial charge in [-0.1, -0.05) is 0 Å². The molecule has 5 heteroatoms. The van der Waals surface area contributed by atoms with Crippen LogP contribution in [0.3, 0.4) is 0 Å². The number of likely N-dealkylation sites (tertiary alicyclic amines) is 1. The smallest absolute Gasteiger partial charge is 0.261 e. The molecule has 1 saturated heterocycles. The minimum Gasteiger partial charge on any atom is -0.348 e. The van der Waals surface area contributed by atoms with Crippen molar-refractivity contribution in [3.05, 3.63) is 21.9 Å². The number of amides is 2. The third-order valence-corrected chi connectivity index (χ3v) is 5.15. The van der Waals surface area contributed by atoms with Gasteiger partial charge in [0.25, 0.3) is 5.91 Å². The number of nitrogens with one attached hydrogen (secondary N) is 1. The zero-order valence-corrected chi connectivity index (χ0v) is 12.5. The molecule has 0 aromatic carbocycles. The van der Waals surface area contributed by atoms with E-state index >= 15 is 0 Å². The number of thiophene rings is 1. The summed E-state index contributed by atoms with van der Waals surface area (Å²) in [4.78, 5) is 26.9. The molecule has 4 nitrogen and oxygen atoms in total. The van der Waals surface area contributed by atoms with Crippen LogP contribution in [0.5, 0.6) is 0 Å². The van der Waals surface area contributed by atoms with Gasteiger partial charge in [-0.15, -0.1) is 11.3 Å². The van der Waals surface area contributed by atoms with Crippen LogP contribution in [0.25, 0.3) is 0 Å². The van der Waals surface area contributed by atoms with Crippen LogP contribution in [0.15, 0.2) is 11.4 Å². The molecule has 20 heavy (non-hydrogen) atoms. The Balaban J connectivity index is 1.50. The maximum Gasteiger partial charge on any atom is 0.261 e. The second kappa shape index (κ2) is 5.56. The Bertz CT molecular complexity index is 514. The second-order valence-electron chi connectivity index (χ2n) is 5.78. The summed E-state index contributed by atoms with van der Waals surface area (Å²) in [5.74, 6) is 0.656. The van der Waals surface area contributed by atoms with Crippen molar-refractivity contribution in [3.63, 3.8) is 0 Å². The summed E-state index contributed by atoms with van der Waals surface area (Å²) >= 11 is 1.49. The second-order valence-corrected chi connectivity index (χ2v) is 6.70. The minimum absolute atomic E-state index is 0.0319. The molecule has 108 valence electrons. The van der Waals surface area contributed by atoms with E-state index in [9.17, 15) is 9.59 Å². The highest BCUT2D eigenvalue weighted by Gasteiger charge is 2.35. The van der Waals surface area contributed by atoms with Crippen molar-refractivity contribution in [2.24, 2.45) is 5.92 Å². The zero-order chi connectivity index (χ0) is 14.1. The number of carbonyl (C=O) groups excluding carboxylic acids is 2. The summed E-state index contributed by atoms with van der Waals surface area (Å²) in [5.41, 5.74) is 1.04. The first-order chi connectivity index (χ1) is 9.65. The van der Waals surface area contributed by atoms with Gasteiger partial charge in [-0.25, -0.2) is 0 Å². The predicted molar refractivity (Wildman–Crippen MR) is 78.8 cm³/mol. The van der Waals surface area contributed by atoms with Gasteiger partial charge < -0.3 is 10.2 Å². The average molecular weight is 292 g/mol. The van der Waals surface area contributed by atoms with Crippen LogP contribution in [0.1, 0.15) is 40.9 Å². The molecular formula is C15H20N2O2S. The summed E-state index contributed by atoms with van der Waals surface area (Å²) in [6.45, 7) is 3.52. The zero-order valence-electron chi connectivity index (χ0n) is 11.7. The Morgan fingerprint density at radius 2 is 1.95 bits per heavy atom. The summed E-state index contributed by atoms with van der Waals surface area (Å²) in [6, 6.07) is 2.17. The van der Waals surface area contributed by atoms with Gasteiger partial charge in [0.2, 0.25) is 5.91 Å². The van der Waals surface area contributed by atoms with Crippen LogP contribution in [0, 0.1) is 12.8 Å². The molecule has 1 aliphatic carbocycles. The quantitative estimate of drug-likeness (QED) is 0.928. The molecular weight excluding hydrogens is 272 g/mol. The number of hydrogen-bond donors (Lipinski definition) is 1. The van der Waals surface area contributed by atoms with Crippen LogP contribution in [0.4, 0.5) is 0 Å². The van der Waals surface area contributed by atoms with Crippen molar-refractivity contribution in [1.82, 2.24) is 10.2 Å². The first kappa shape index (κ1) is 13.6. The van der Waals surface area contributed by atoms with Crippen LogP contribution in [0.2, 0.25) is 0 Å². The average Bonchev–Trinajstić information content (AvgIpc) is 3.21. The number of rotatable bonds is 3. The first-order valence-electron chi connectivity index (χ1n) is 7.29. The van der Waals surface area contributed by atoms with Crippen molar-refractivity contribution < 1.29 is 9.59 Å². The van der Waals surface area contributed by atoms with Gasteiger partial charge in [0, 0.05) is 25.0 Å². The van der Waals surface area contributed by atoms with Crippen molar-refractivity contribution in [2.45, 2.75) is 38.6 Å². The lowest BCUT2D eigenvalue weighted by atomic mass is 10.0. The Hall–Kier alpha value is -1.36. The monoisotopic (exact) mass is 292 g/mol. The first-order valence-corrected chi connectivity index (χ1v) is 8.17. The molecule has 1 N–H and O–H groups in total. The van der Waals surface area contributed by atoms with Crippen LogP contribution < -0.4 is 5.32 Å². The maximum atomic E-state index is 12.1. The maximum absolute atomic E-state index is 12.1. The normalized spacial score (nSPS) is 19.9.